The molecule has 5 heteroatoms. The molecule has 0 saturated heterocycles. The van der Waals surface area contributed by atoms with E-state index in [0.717, 1.165) is 5.56 Å². The van der Waals surface area contributed by atoms with Gasteiger partial charge in [0.05, 0.1) is 0 Å². The average molecular weight is 359 g/mol. The molecule has 2 rings (SSSR count). The summed E-state index contributed by atoms with van der Waals surface area (Å²) in [7, 11) is 0. The van der Waals surface area contributed by atoms with Crippen LogP contribution in [0, 0.1) is 5.82 Å². The van der Waals surface area contributed by atoms with Crippen molar-refractivity contribution in [1.29, 1.82) is 0 Å². The van der Waals surface area contributed by atoms with Crippen molar-refractivity contribution in [2.45, 2.75) is 39.0 Å². The van der Waals surface area contributed by atoms with Crippen molar-refractivity contribution >= 4 is 5.97 Å². The van der Waals surface area contributed by atoms with Crippen LogP contribution in [0.1, 0.15) is 30.9 Å². The molecule has 0 aliphatic heterocycles. The summed E-state index contributed by atoms with van der Waals surface area (Å²) in [6.45, 7) is 3.05. The largest absolute Gasteiger partial charge is 0.463 e. The third-order valence-corrected chi connectivity index (χ3v) is 3.96. The molecule has 0 radical (unpaired) electrons. The lowest BCUT2D eigenvalue weighted by atomic mass is 10.1. The maximum absolute atomic E-state index is 14.0. The van der Waals surface area contributed by atoms with E-state index in [2.05, 4.69) is 0 Å². The van der Waals surface area contributed by atoms with Crippen LogP contribution in [0.25, 0.3) is 0 Å². The number of esters is 1. The smallest absolute Gasteiger partial charge is 0.305 e. The van der Waals surface area contributed by atoms with Crippen molar-refractivity contribution in [3.63, 3.8) is 0 Å². The van der Waals surface area contributed by atoms with Gasteiger partial charge in [0.15, 0.2) is 0 Å². The number of aliphatic hydroxyl groups excluding tert-OH is 1. The fraction of sp³-hybridized carbons (Fsp3) is 0.381. The number of halogens is 1. The molecule has 140 valence electrons. The molecule has 1 N–H and O–H groups in total. The molecule has 0 unspecified atom stereocenters. The van der Waals surface area contributed by atoms with Crippen LogP contribution in [0.3, 0.4) is 0 Å². The third kappa shape index (κ3) is 6.94. The van der Waals surface area contributed by atoms with Gasteiger partial charge in [-0.15, -0.1) is 0 Å². The van der Waals surface area contributed by atoms with E-state index in [4.69, 9.17) is 4.74 Å². The van der Waals surface area contributed by atoms with Crippen LogP contribution in [0.4, 0.5) is 4.39 Å². The average Bonchev–Trinajstić information content (AvgIpc) is 2.63. The number of benzene rings is 2. The Labute approximate surface area is 154 Å². The van der Waals surface area contributed by atoms with Crippen molar-refractivity contribution in [3.8, 4) is 0 Å². The number of ether oxygens (including phenoxy) is 1. The molecular formula is C21H26FNO3. The van der Waals surface area contributed by atoms with Crippen LogP contribution in [-0.4, -0.2) is 35.2 Å². The summed E-state index contributed by atoms with van der Waals surface area (Å²) in [5.41, 5.74) is 1.64. The van der Waals surface area contributed by atoms with Gasteiger partial charge in [0, 0.05) is 31.6 Å². The highest BCUT2D eigenvalue weighted by Crippen LogP contribution is 2.14. The fourth-order valence-corrected chi connectivity index (χ4v) is 2.71. The zero-order valence-corrected chi connectivity index (χ0v) is 15.1. The minimum atomic E-state index is -0.828. The third-order valence-electron chi connectivity index (χ3n) is 3.96. The van der Waals surface area contributed by atoms with Gasteiger partial charge < -0.3 is 9.84 Å². The highest BCUT2D eigenvalue weighted by Gasteiger charge is 2.16. The highest BCUT2D eigenvalue weighted by molar-refractivity contribution is 5.69. The SMILES string of the molecule is CCCC(=O)OC[C@H](O)CN(Cc1ccccc1)Cc1ccccc1F. The number of nitrogens with zero attached hydrogens (tertiary/aromatic N) is 1. The second-order valence-electron chi connectivity index (χ2n) is 6.33. The fourth-order valence-electron chi connectivity index (χ4n) is 2.71. The molecular weight excluding hydrogens is 333 g/mol. The summed E-state index contributed by atoms with van der Waals surface area (Å²) in [4.78, 5) is 13.4. The Morgan fingerprint density at radius 1 is 1.12 bits per heavy atom. The van der Waals surface area contributed by atoms with Crippen molar-refractivity contribution in [2.24, 2.45) is 0 Å². The lowest BCUT2D eigenvalue weighted by Crippen LogP contribution is -2.35. The van der Waals surface area contributed by atoms with E-state index in [1.165, 1.54) is 6.07 Å². The molecule has 0 heterocycles. The van der Waals surface area contributed by atoms with Gasteiger partial charge in [0.25, 0.3) is 0 Å². The first-order valence-electron chi connectivity index (χ1n) is 8.92. The number of carbonyl (C=O) groups excluding carboxylic acids is 1. The summed E-state index contributed by atoms with van der Waals surface area (Å²) in [6, 6.07) is 16.4. The van der Waals surface area contributed by atoms with Gasteiger partial charge in [-0.3, -0.25) is 9.69 Å². The van der Waals surface area contributed by atoms with Gasteiger partial charge in [-0.05, 0) is 18.1 Å². The first kappa shape index (κ1) is 20.1. The normalized spacial score (nSPS) is 12.2. The first-order valence-corrected chi connectivity index (χ1v) is 8.92. The van der Waals surface area contributed by atoms with E-state index in [1.54, 1.807) is 18.2 Å². The van der Waals surface area contributed by atoms with Crippen LogP contribution < -0.4 is 0 Å². The molecule has 4 nitrogen and oxygen atoms in total. The quantitative estimate of drug-likeness (QED) is 0.660. The van der Waals surface area contributed by atoms with Crippen LogP contribution in [0.15, 0.2) is 54.6 Å². The van der Waals surface area contributed by atoms with Gasteiger partial charge in [0.2, 0.25) is 0 Å². The van der Waals surface area contributed by atoms with E-state index < -0.39 is 6.10 Å². The van der Waals surface area contributed by atoms with E-state index in [-0.39, 0.29) is 24.9 Å². The standard InChI is InChI=1S/C21H26FNO3/c1-2-8-21(25)26-16-19(24)15-23(13-17-9-4-3-5-10-17)14-18-11-6-7-12-20(18)22/h3-7,9-12,19,24H,2,8,13-16H2,1H3/t19-/m1/s1. The van der Waals surface area contributed by atoms with Crippen molar-refractivity contribution in [2.75, 3.05) is 13.2 Å². The Morgan fingerprint density at radius 2 is 1.81 bits per heavy atom. The van der Waals surface area contributed by atoms with Gasteiger partial charge >= 0.3 is 5.97 Å². The lowest BCUT2D eigenvalue weighted by Gasteiger charge is -2.25. The minimum absolute atomic E-state index is 0.0542. The predicted octanol–water partition coefficient (Wildman–Crippen LogP) is 3.53. The minimum Gasteiger partial charge on any atom is -0.463 e. The second-order valence-corrected chi connectivity index (χ2v) is 6.33. The van der Waals surface area contributed by atoms with Crippen molar-refractivity contribution in [1.82, 2.24) is 4.90 Å². The molecule has 0 amide bonds. The molecule has 0 aromatic heterocycles. The molecule has 0 fully saturated rings. The van der Waals surface area contributed by atoms with Gasteiger partial charge in [-0.25, -0.2) is 4.39 Å². The number of aliphatic hydroxyl groups is 1. The number of rotatable bonds is 10. The Balaban J connectivity index is 2.00. The highest BCUT2D eigenvalue weighted by atomic mass is 19.1. The van der Waals surface area contributed by atoms with Crippen molar-refractivity contribution < 1.29 is 19.0 Å². The molecule has 2 aromatic carbocycles. The van der Waals surface area contributed by atoms with Gasteiger partial charge in [-0.1, -0.05) is 55.5 Å². The van der Waals surface area contributed by atoms with Gasteiger partial charge in [-0.2, -0.15) is 0 Å². The molecule has 0 bridgehead atoms. The second kappa shape index (κ2) is 10.7. The summed E-state index contributed by atoms with van der Waals surface area (Å²) in [5.74, 6) is -0.579. The Kier molecular flexibility index (Phi) is 8.25. The molecule has 26 heavy (non-hydrogen) atoms. The Bertz CT molecular complexity index is 678. The molecule has 0 aliphatic carbocycles. The lowest BCUT2D eigenvalue weighted by molar-refractivity contribution is -0.147. The van der Waals surface area contributed by atoms with E-state index in [9.17, 15) is 14.3 Å². The molecule has 0 spiro atoms. The van der Waals surface area contributed by atoms with E-state index in [0.29, 0.717) is 31.5 Å². The Morgan fingerprint density at radius 3 is 2.50 bits per heavy atom. The molecule has 0 saturated carbocycles. The number of hydrogen-bond donors (Lipinski definition) is 1. The maximum atomic E-state index is 14.0. The molecule has 2 aromatic rings. The summed E-state index contributed by atoms with van der Waals surface area (Å²) < 4.78 is 19.1. The predicted molar refractivity (Wildman–Crippen MR) is 98.8 cm³/mol. The summed E-state index contributed by atoms with van der Waals surface area (Å²) in [5, 5.41) is 10.2. The van der Waals surface area contributed by atoms with Gasteiger partial charge in [0.1, 0.15) is 18.5 Å². The van der Waals surface area contributed by atoms with Crippen LogP contribution in [0.2, 0.25) is 0 Å². The molecule has 1 atom stereocenters. The number of carbonyl (C=O) groups is 1. The van der Waals surface area contributed by atoms with Crippen molar-refractivity contribution in [3.05, 3.63) is 71.5 Å². The van der Waals surface area contributed by atoms with Crippen LogP contribution in [0.5, 0.6) is 0 Å². The maximum Gasteiger partial charge on any atom is 0.305 e. The zero-order valence-electron chi connectivity index (χ0n) is 15.1. The Hall–Kier alpha value is -2.24. The topological polar surface area (TPSA) is 49.8 Å². The summed E-state index contributed by atoms with van der Waals surface area (Å²) >= 11 is 0. The number of hydrogen-bond acceptors (Lipinski definition) is 4. The van der Waals surface area contributed by atoms with Crippen LogP contribution in [-0.2, 0) is 22.6 Å². The van der Waals surface area contributed by atoms with E-state index in [1.807, 2.05) is 42.2 Å². The molecule has 0 aliphatic rings. The van der Waals surface area contributed by atoms with Crippen LogP contribution >= 0.6 is 0 Å². The monoisotopic (exact) mass is 359 g/mol. The van der Waals surface area contributed by atoms with E-state index >= 15 is 0 Å². The summed E-state index contributed by atoms with van der Waals surface area (Å²) in [6.07, 6.45) is 0.226. The first-order chi connectivity index (χ1) is 12.6. The zero-order chi connectivity index (χ0) is 18.8.